The number of nitrogens with one attached hydrogen (secondary N) is 2. The van der Waals surface area contributed by atoms with Crippen molar-refractivity contribution < 1.29 is 9.21 Å². The largest absolute Gasteiger partial charge is 0.409 e. The lowest BCUT2D eigenvalue weighted by Crippen LogP contribution is -2.30. The van der Waals surface area contributed by atoms with Gasteiger partial charge in [0.1, 0.15) is 0 Å². The number of hydrogen-bond acceptors (Lipinski definition) is 4. The van der Waals surface area contributed by atoms with Crippen molar-refractivity contribution in [3.8, 4) is 11.5 Å². The molecular weight excluding hydrogens is 310 g/mol. The standard InChI is InChI=1S/C17H19N3O2S/c21-14(18-13-10-17(13)8-2-1-3-9-17)11-4-6-12(7-5-11)15-19-20-16(23)22-15/h4-7,13H,1-3,8-10H2,(H,18,21)(H,20,23). The SMILES string of the molecule is O=C(NC1CC12CCCCC2)c1ccc(-c2n[nH]c(=S)o2)cc1. The van der Waals surface area contributed by atoms with Crippen LogP contribution in [0.25, 0.3) is 11.5 Å². The first-order valence-corrected chi connectivity index (χ1v) is 8.54. The van der Waals surface area contributed by atoms with Crippen LogP contribution < -0.4 is 5.32 Å². The molecule has 2 aromatic rings. The van der Waals surface area contributed by atoms with Gasteiger partial charge in [0.05, 0.1) is 0 Å². The van der Waals surface area contributed by atoms with Crippen LogP contribution in [0.4, 0.5) is 0 Å². The van der Waals surface area contributed by atoms with Gasteiger partial charge in [-0.25, -0.2) is 5.10 Å². The van der Waals surface area contributed by atoms with Crippen molar-refractivity contribution in [2.45, 2.75) is 44.6 Å². The van der Waals surface area contributed by atoms with E-state index in [1.807, 2.05) is 12.1 Å². The van der Waals surface area contributed by atoms with Gasteiger partial charge in [-0.05, 0) is 61.2 Å². The fraction of sp³-hybridized carbons (Fsp3) is 0.471. The molecule has 5 nitrogen and oxygen atoms in total. The van der Waals surface area contributed by atoms with Gasteiger partial charge in [0.25, 0.3) is 10.7 Å². The number of H-pyrrole nitrogens is 1. The maximum atomic E-state index is 12.4. The minimum absolute atomic E-state index is 0.00641. The molecule has 2 aliphatic carbocycles. The molecule has 0 radical (unpaired) electrons. The van der Waals surface area contributed by atoms with Gasteiger partial charge in [-0.3, -0.25) is 4.79 Å². The van der Waals surface area contributed by atoms with Crippen molar-refractivity contribution in [2.24, 2.45) is 5.41 Å². The molecule has 1 amide bonds. The van der Waals surface area contributed by atoms with Gasteiger partial charge in [0.2, 0.25) is 5.89 Å². The Balaban J connectivity index is 1.42. The number of benzene rings is 1. The number of hydrogen-bond donors (Lipinski definition) is 2. The second kappa shape index (κ2) is 5.60. The predicted molar refractivity (Wildman–Crippen MR) is 88.5 cm³/mol. The molecule has 1 aromatic heterocycles. The topological polar surface area (TPSA) is 70.9 Å². The van der Waals surface area contributed by atoms with E-state index >= 15 is 0 Å². The number of carbonyl (C=O) groups is 1. The normalized spacial score (nSPS) is 22.0. The fourth-order valence-electron chi connectivity index (χ4n) is 3.72. The highest BCUT2D eigenvalue weighted by molar-refractivity contribution is 7.71. The average Bonchev–Trinajstić information content (AvgIpc) is 3.02. The van der Waals surface area contributed by atoms with Crippen LogP contribution in [0.15, 0.2) is 28.7 Å². The number of aromatic amines is 1. The van der Waals surface area contributed by atoms with Gasteiger partial charge in [-0.1, -0.05) is 19.3 Å². The molecule has 6 heteroatoms. The summed E-state index contributed by atoms with van der Waals surface area (Å²) in [5.74, 6) is 0.442. The molecule has 1 heterocycles. The molecule has 0 bridgehead atoms. The molecule has 0 aliphatic heterocycles. The Kier molecular flexibility index (Phi) is 3.56. The van der Waals surface area contributed by atoms with E-state index in [1.54, 1.807) is 12.1 Å². The van der Waals surface area contributed by atoms with E-state index in [0.717, 1.165) is 12.0 Å². The minimum atomic E-state index is 0.00641. The molecule has 2 saturated carbocycles. The van der Waals surface area contributed by atoms with Gasteiger partial charge >= 0.3 is 0 Å². The van der Waals surface area contributed by atoms with Crippen LogP contribution in [0, 0.1) is 10.3 Å². The Hall–Kier alpha value is -1.95. The first kappa shape index (κ1) is 14.6. The predicted octanol–water partition coefficient (Wildman–Crippen LogP) is 3.85. The summed E-state index contributed by atoms with van der Waals surface area (Å²) >= 11 is 4.86. The quantitative estimate of drug-likeness (QED) is 0.839. The lowest BCUT2D eigenvalue weighted by atomic mass is 9.86. The third kappa shape index (κ3) is 2.83. The van der Waals surface area contributed by atoms with Crippen molar-refractivity contribution in [1.82, 2.24) is 15.5 Å². The zero-order valence-electron chi connectivity index (χ0n) is 12.8. The first-order valence-electron chi connectivity index (χ1n) is 8.13. The summed E-state index contributed by atoms with van der Waals surface area (Å²) < 4.78 is 5.27. The van der Waals surface area contributed by atoms with Crippen molar-refractivity contribution in [2.75, 3.05) is 0 Å². The monoisotopic (exact) mass is 329 g/mol. The van der Waals surface area contributed by atoms with Crippen molar-refractivity contribution in [3.05, 3.63) is 34.7 Å². The Labute approximate surface area is 139 Å². The number of amides is 1. The van der Waals surface area contributed by atoms with Gasteiger partial charge in [0.15, 0.2) is 0 Å². The number of nitrogens with zero attached hydrogens (tertiary/aromatic N) is 1. The van der Waals surface area contributed by atoms with E-state index in [0.29, 0.717) is 22.9 Å². The zero-order valence-corrected chi connectivity index (χ0v) is 13.6. The smallest absolute Gasteiger partial charge is 0.284 e. The Bertz CT molecular complexity index is 772. The number of aromatic nitrogens is 2. The second-order valence-electron chi connectivity index (χ2n) is 6.65. The third-order valence-corrected chi connectivity index (χ3v) is 5.35. The van der Waals surface area contributed by atoms with Crippen LogP contribution in [-0.2, 0) is 0 Å². The van der Waals surface area contributed by atoms with Crippen LogP contribution in [0.3, 0.4) is 0 Å². The van der Waals surface area contributed by atoms with Crippen molar-refractivity contribution >= 4 is 18.1 Å². The third-order valence-electron chi connectivity index (χ3n) is 5.18. The van der Waals surface area contributed by atoms with Crippen LogP contribution in [0.2, 0.25) is 0 Å². The number of rotatable bonds is 3. The van der Waals surface area contributed by atoms with Crippen LogP contribution in [0.5, 0.6) is 0 Å². The lowest BCUT2D eigenvalue weighted by molar-refractivity contribution is 0.0942. The van der Waals surface area contributed by atoms with E-state index in [1.165, 1.54) is 32.1 Å². The molecule has 1 spiro atoms. The van der Waals surface area contributed by atoms with E-state index in [-0.39, 0.29) is 10.7 Å². The fourth-order valence-corrected chi connectivity index (χ4v) is 3.84. The summed E-state index contributed by atoms with van der Waals surface area (Å²) in [4.78, 5) is 12.6. The minimum Gasteiger partial charge on any atom is -0.409 e. The lowest BCUT2D eigenvalue weighted by Gasteiger charge is -2.22. The van der Waals surface area contributed by atoms with Crippen LogP contribution in [0.1, 0.15) is 48.9 Å². The summed E-state index contributed by atoms with van der Waals surface area (Å²) in [5.41, 5.74) is 1.87. The molecule has 4 rings (SSSR count). The van der Waals surface area contributed by atoms with Gasteiger partial charge < -0.3 is 9.73 Å². The molecule has 2 fully saturated rings. The molecule has 1 unspecified atom stereocenters. The summed E-state index contributed by atoms with van der Waals surface area (Å²) in [6, 6.07) is 7.61. The van der Waals surface area contributed by atoms with E-state index in [9.17, 15) is 4.79 Å². The highest BCUT2D eigenvalue weighted by Crippen LogP contribution is 2.56. The summed E-state index contributed by atoms with van der Waals surface area (Å²) in [7, 11) is 0. The van der Waals surface area contributed by atoms with Gasteiger partial charge in [-0.2, -0.15) is 0 Å². The molecule has 0 saturated heterocycles. The maximum absolute atomic E-state index is 12.4. The summed E-state index contributed by atoms with van der Waals surface area (Å²) in [6.07, 6.45) is 7.62. The van der Waals surface area contributed by atoms with E-state index < -0.39 is 0 Å². The van der Waals surface area contributed by atoms with Crippen LogP contribution >= 0.6 is 12.2 Å². The molecule has 23 heavy (non-hydrogen) atoms. The summed E-state index contributed by atoms with van der Waals surface area (Å²) in [6.45, 7) is 0. The highest BCUT2D eigenvalue weighted by Gasteiger charge is 2.54. The Morgan fingerprint density at radius 3 is 2.65 bits per heavy atom. The zero-order chi connectivity index (χ0) is 15.9. The van der Waals surface area contributed by atoms with Gasteiger partial charge in [0, 0.05) is 17.2 Å². The Morgan fingerprint density at radius 1 is 1.26 bits per heavy atom. The molecular formula is C17H19N3O2S. The first-order chi connectivity index (χ1) is 11.2. The second-order valence-corrected chi connectivity index (χ2v) is 7.02. The molecule has 1 atom stereocenters. The van der Waals surface area contributed by atoms with Gasteiger partial charge in [-0.15, -0.1) is 5.10 Å². The maximum Gasteiger partial charge on any atom is 0.284 e. The molecule has 2 aliphatic rings. The molecule has 120 valence electrons. The van der Waals surface area contributed by atoms with Crippen molar-refractivity contribution in [1.29, 1.82) is 0 Å². The van der Waals surface area contributed by atoms with Crippen LogP contribution in [-0.4, -0.2) is 22.1 Å². The average molecular weight is 329 g/mol. The van der Waals surface area contributed by atoms with E-state index in [4.69, 9.17) is 16.6 Å². The molecule has 1 aromatic carbocycles. The van der Waals surface area contributed by atoms with Crippen molar-refractivity contribution in [3.63, 3.8) is 0 Å². The summed E-state index contributed by atoms with van der Waals surface area (Å²) in [5, 5.41) is 9.76. The molecule has 2 N–H and O–H groups in total. The number of carbonyl (C=O) groups excluding carboxylic acids is 1. The van der Waals surface area contributed by atoms with E-state index in [2.05, 4.69) is 15.5 Å². The highest BCUT2D eigenvalue weighted by atomic mass is 32.1. The Morgan fingerprint density at radius 2 is 2.00 bits per heavy atom.